The Labute approximate surface area is 219 Å². The number of hydrazone groups is 1. The predicted octanol–water partition coefficient (Wildman–Crippen LogP) is 3.13. The number of hydrogen-bond donors (Lipinski definition) is 4. The van der Waals surface area contributed by atoms with E-state index in [2.05, 4.69) is 36.1 Å². The number of benzene rings is 2. The summed E-state index contributed by atoms with van der Waals surface area (Å²) in [4.78, 5) is 16.8. The summed E-state index contributed by atoms with van der Waals surface area (Å²) in [6.07, 6.45) is 1.39. The molecular weight excluding hydrogens is 484 g/mol. The SMILES string of the molecule is CCOC(C)=NNC(=O)c1cnn(Cc2ccccc2NC(N)=Nc2ccc(-c3ccccc3)nn2)c1N. The topological polar surface area (TPSA) is 171 Å². The van der Waals surface area contributed by atoms with Crippen molar-refractivity contribution in [2.75, 3.05) is 17.7 Å². The summed E-state index contributed by atoms with van der Waals surface area (Å²) < 4.78 is 6.71. The van der Waals surface area contributed by atoms with Gasteiger partial charge in [-0.3, -0.25) is 4.79 Å². The molecule has 2 aromatic heterocycles. The largest absolute Gasteiger partial charge is 0.480 e. The van der Waals surface area contributed by atoms with Crippen LogP contribution in [-0.2, 0) is 11.3 Å². The minimum Gasteiger partial charge on any atom is -0.480 e. The zero-order valence-corrected chi connectivity index (χ0v) is 21.0. The summed E-state index contributed by atoms with van der Waals surface area (Å²) in [5.41, 5.74) is 18.2. The maximum Gasteiger partial charge on any atom is 0.276 e. The monoisotopic (exact) mass is 512 g/mol. The summed E-state index contributed by atoms with van der Waals surface area (Å²) >= 11 is 0. The highest BCUT2D eigenvalue weighted by atomic mass is 16.5. The molecule has 2 heterocycles. The summed E-state index contributed by atoms with van der Waals surface area (Å²) in [5.74, 6) is 0.535. The molecule has 0 aliphatic carbocycles. The van der Waals surface area contributed by atoms with E-state index in [1.807, 2.05) is 67.6 Å². The molecular formula is C26H28N10O2. The van der Waals surface area contributed by atoms with E-state index in [1.54, 1.807) is 13.0 Å². The van der Waals surface area contributed by atoms with E-state index >= 15 is 0 Å². The third-order valence-corrected chi connectivity index (χ3v) is 5.35. The van der Waals surface area contributed by atoms with Gasteiger partial charge in [-0.15, -0.1) is 15.3 Å². The van der Waals surface area contributed by atoms with Gasteiger partial charge in [0.05, 0.1) is 25.0 Å². The molecule has 1 amide bonds. The second-order valence-corrected chi connectivity index (χ2v) is 8.03. The molecule has 12 heteroatoms. The number of nitrogens with one attached hydrogen (secondary N) is 2. The number of nitrogen functional groups attached to an aromatic ring is 1. The molecule has 0 unspecified atom stereocenters. The Bertz CT molecular complexity index is 1450. The van der Waals surface area contributed by atoms with Gasteiger partial charge in [0.25, 0.3) is 5.91 Å². The Balaban J connectivity index is 1.45. The van der Waals surface area contributed by atoms with Gasteiger partial charge in [0.1, 0.15) is 11.4 Å². The van der Waals surface area contributed by atoms with Crippen LogP contribution in [0.4, 0.5) is 17.3 Å². The minimum absolute atomic E-state index is 0.134. The molecule has 4 aromatic rings. The number of anilines is 2. The first-order valence-electron chi connectivity index (χ1n) is 11.8. The fourth-order valence-electron chi connectivity index (χ4n) is 3.51. The molecule has 0 atom stereocenters. The third kappa shape index (κ3) is 6.49. The van der Waals surface area contributed by atoms with Gasteiger partial charge in [-0.1, -0.05) is 48.5 Å². The van der Waals surface area contributed by atoms with Gasteiger partial charge >= 0.3 is 0 Å². The lowest BCUT2D eigenvalue weighted by Gasteiger charge is -2.12. The second-order valence-electron chi connectivity index (χ2n) is 8.03. The molecule has 194 valence electrons. The van der Waals surface area contributed by atoms with Crippen molar-refractivity contribution in [1.29, 1.82) is 0 Å². The minimum atomic E-state index is -0.491. The molecule has 38 heavy (non-hydrogen) atoms. The van der Waals surface area contributed by atoms with E-state index < -0.39 is 5.91 Å². The number of hydrogen-bond acceptors (Lipinski definition) is 8. The highest BCUT2D eigenvalue weighted by Gasteiger charge is 2.16. The van der Waals surface area contributed by atoms with Crippen LogP contribution in [0.15, 0.2) is 83.0 Å². The van der Waals surface area contributed by atoms with E-state index in [1.165, 1.54) is 10.9 Å². The van der Waals surface area contributed by atoms with E-state index in [9.17, 15) is 4.79 Å². The fourth-order valence-corrected chi connectivity index (χ4v) is 3.51. The van der Waals surface area contributed by atoms with E-state index in [0.29, 0.717) is 24.0 Å². The second kappa shape index (κ2) is 12.1. The van der Waals surface area contributed by atoms with Gasteiger partial charge in [-0.2, -0.15) is 10.1 Å². The van der Waals surface area contributed by atoms with Crippen LogP contribution in [0.25, 0.3) is 11.3 Å². The van der Waals surface area contributed by atoms with E-state index in [0.717, 1.165) is 16.8 Å². The highest BCUT2D eigenvalue weighted by molar-refractivity contribution is 5.98. The van der Waals surface area contributed by atoms with Crippen molar-refractivity contribution in [2.45, 2.75) is 20.4 Å². The third-order valence-electron chi connectivity index (χ3n) is 5.35. The number of carbonyl (C=O) groups is 1. The van der Waals surface area contributed by atoms with Gasteiger partial charge in [0.15, 0.2) is 11.8 Å². The first-order chi connectivity index (χ1) is 18.4. The number of aliphatic imine (C=N–C) groups is 1. The van der Waals surface area contributed by atoms with E-state index in [-0.39, 0.29) is 23.9 Å². The number of carbonyl (C=O) groups excluding carboxylic acids is 1. The van der Waals surface area contributed by atoms with Crippen molar-refractivity contribution in [2.24, 2.45) is 15.8 Å². The summed E-state index contributed by atoms with van der Waals surface area (Å²) in [5, 5.41) is 19.6. The van der Waals surface area contributed by atoms with Crippen LogP contribution < -0.4 is 22.2 Å². The standard InChI is InChI=1S/C26H28N10O2/c1-3-38-17(2)32-35-25(37)20-15-29-36(24(20)27)16-19-11-7-8-12-21(19)30-26(28)31-23-14-13-22(33-34-23)18-9-5-4-6-10-18/h4-15H,3,16,27H2,1-2H3,(H,35,37)(H3,28,30,31,34). The molecule has 0 fully saturated rings. The molecule has 6 N–H and O–H groups in total. The zero-order chi connectivity index (χ0) is 26.9. The zero-order valence-electron chi connectivity index (χ0n) is 21.0. The molecule has 0 saturated heterocycles. The Hall–Kier alpha value is -5.26. The Morgan fingerprint density at radius 2 is 1.82 bits per heavy atom. The normalized spacial score (nSPS) is 11.7. The highest BCUT2D eigenvalue weighted by Crippen LogP contribution is 2.20. The molecule has 0 spiro atoms. The molecule has 0 bridgehead atoms. The van der Waals surface area contributed by atoms with Gasteiger partial charge < -0.3 is 21.5 Å². The van der Waals surface area contributed by atoms with Crippen molar-refractivity contribution < 1.29 is 9.53 Å². The molecule has 4 rings (SSSR count). The number of para-hydroxylation sites is 1. The molecule has 0 aliphatic heterocycles. The van der Waals surface area contributed by atoms with Crippen LogP contribution in [0.3, 0.4) is 0 Å². The first-order valence-corrected chi connectivity index (χ1v) is 11.8. The van der Waals surface area contributed by atoms with Gasteiger partial charge in [0.2, 0.25) is 5.90 Å². The predicted molar refractivity (Wildman–Crippen MR) is 147 cm³/mol. The summed E-state index contributed by atoms with van der Waals surface area (Å²) in [7, 11) is 0. The number of aromatic nitrogens is 4. The first kappa shape index (κ1) is 25.8. The van der Waals surface area contributed by atoms with Crippen LogP contribution in [0, 0.1) is 0 Å². The van der Waals surface area contributed by atoms with Crippen LogP contribution >= 0.6 is 0 Å². The number of nitrogens with zero attached hydrogens (tertiary/aromatic N) is 6. The lowest BCUT2D eigenvalue weighted by molar-refractivity contribution is 0.0953. The number of guanidine groups is 1. The van der Waals surface area contributed by atoms with Gasteiger partial charge in [0, 0.05) is 18.2 Å². The quantitative estimate of drug-likeness (QED) is 0.158. The summed E-state index contributed by atoms with van der Waals surface area (Å²) in [6, 6.07) is 20.8. The van der Waals surface area contributed by atoms with Crippen molar-refractivity contribution in [3.05, 3.63) is 84.1 Å². The molecule has 2 aromatic carbocycles. The van der Waals surface area contributed by atoms with Crippen LogP contribution in [0.2, 0.25) is 0 Å². The Kier molecular flexibility index (Phi) is 8.24. The molecule has 0 saturated carbocycles. The lowest BCUT2D eigenvalue weighted by Crippen LogP contribution is -2.23. The van der Waals surface area contributed by atoms with Crippen molar-refractivity contribution in [1.82, 2.24) is 25.4 Å². The number of rotatable bonds is 8. The molecule has 0 radical (unpaired) electrons. The number of nitrogens with two attached hydrogens (primary N) is 2. The number of ether oxygens (including phenoxy) is 1. The lowest BCUT2D eigenvalue weighted by atomic mass is 10.1. The van der Waals surface area contributed by atoms with Crippen molar-refractivity contribution >= 4 is 35.1 Å². The summed E-state index contributed by atoms with van der Waals surface area (Å²) in [6.45, 7) is 4.19. The van der Waals surface area contributed by atoms with Gasteiger partial charge in [-0.25, -0.2) is 10.1 Å². The van der Waals surface area contributed by atoms with Crippen LogP contribution in [-0.4, -0.2) is 44.3 Å². The Morgan fingerprint density at radius 3 is 2.55 bits per heavy atom. The van der Waals surface area contributed by atoms with Crippen LogP contribution in [0.5, 0.6) is 0 Å². The average molecular weight is 513 g/mol. The average Bonchev–Trinajstić information content (AvgIpc) is 3.29. The van der Waals surface area contributed by atoms with Crippen molar-refractivity contribution in [3.63, 3.8) is 0 Å². The van der Waals surface area contributed by atoms with E-state index in [4.69, 9.17) is 16.2 Å². The number of amides is 1. The van der Waals surface area contributed by atoms with Gasteiger partial charge in [-0.05, 0) is 30.7 Å². The molecule has 12 nitrogen and oxygen atoms in total. The smallest absolute Gasteiger partial charge is 0.276 e. The maximum absolute atomic E-state index is 12.5. The Morgan fingerprint density at radius 1 is 1.05 bits per heavy atom. The molecule has 0 aliphatic rings. The van der Waals surface area contributed by atoms with Crippen molar-refractivity contribution in [3.8, 4) is 11.3 Å². The fraction of sp³-hybridized carbons (Fsp3) is 0.154. The van der Waals surface area contributed by atoms with Crippen LogP contribution in [0.1, 0.15) is 29.8 Å². The maximum atomic E-state index is 12.5.